The normalized spacial score (nSPS) is 20.0. The molecule has 0 bridgehead atoms. The molecule has 0 N–H and O–H groups in total. The summed E-state index contributed by atoms with van der Waals surface area (Å²) in [6.07, 6.45) is -19.5. The summed E-state index contributed by atoms with van der Waals surface area (Å²) in [4.78, 5) is 104. The van der Waals surface area contributed by atoms with Gasteiger partial charge in [-0.05, 0) is 126 Å². The quantitative estimate of drug-likeness (QED) is 0.0293. The number of hydrogen-bond acceptors (Lipinski definition) is 20. The van der Waals surface area contributed by atoms with Crippen molar-refractivity contribution >= 4 is 41.8 Å². The summed E-state index contributed by atoms with van der Waals surface area (Å²) in [5, 5.41) is 0. The van der Waals surface area contributed by atoms with E-state index < -0.39 is 122 Å². The van der Waals surface area contributed by atoms with Crippen molar-refractivity contribution < 1.29 is 95.1 Å². The molecule has 0 unspecified atom stereocenters. The van der Waals surface area contributed by atoms with Crippen molar-refractivity contribution in [1.82, 2.24) is 0 Å². The van der Waals surface area contributed by atoms with Crippen molar-refractivity contribution in [3.63, 3.8) is 0 Å². The molecule has 0 aliphatic carbocycles. The molecule has 0 radical (unpaired) electrons. The zero-order valence-corrected chi connectivity index (χ0v) is 55.1. The van der Waals surface area contributed by atoms with E-state index >= 15 is 19.2 Å². The Balaban J connectivity index is 1.07. The maximum absolute atomic E-state index is 15.2. The summed E-state index contributed by atoms with van der Waals surface area (Å²) in [6, 6.07) is 78.2. The summed E-state index contributed by atoms with van der Waals surface area (Å²) >= 11 is 0. The zero-order valence-electron chi connectivity index (χ0n) is 55.1. The maximum atomic E-state index is 15.2. The highest BCUT2D eigenvalue weighted by atomic mass is 16.8. The van der Waals surface area contributed by atoms with E-state index in [4.69, 9.17) is 61.6 Å². The van der Waals surface area contributed by atoms with E-state index in [0.29, 0.717) is 28.2 Å². The van der Waals surface area contributed by atoms with Crippen LogP contribution in [0.25, 0.3) is 0 Å². The van der Waals surface area contributed by atoms with Gasteiger partial charge in [0.15, 0.2) is 30.7 Å². The smallest absolute Gasteiger partial charge is 0.340 e. The molecule has 2 aliphatic rings. The number of ether oxygens (including phenoxy) is 13. The minimum Gasteiger partial charge on any atom is -0.497 e. The van der Waals surface area contributed by atoms with Crippen molar-refractivity contribution in [2.45, 2.75) is 67.0 Å². The first-order valence-corrected chi connectivity index (χ1v) is 32.6. The van der Waals surface area contributed by atoms with Crippen LogP contribution in [0.4, 0.5) is 0 Å². The largest absolute Gasteiger partial charge is 0.497 e. The summed E-state index contributed by atoms with van der Waals surface area (Å²) < 4.78 is 85.2. The highest BCUT2D eigenvalue weighted by molar-refractivity contribution is 5.93. The second-order valence-corrected chi connectivity index (χ2v) is 23.4. The van der Waals surface area contributed by atoms with E-state index in [9.17, 15) is 14.4 Å². The molecule has 0 amide bonds. The first kappa shape index (κ1) is 69.8. The van der Waals surface area contributed by atoms with Gasteiger partial charge in [0.2, 0.25) is 12.4 Å². The van der Waals surface area contributed by atoms with Gasteiger partial charge in [0.25, 0.3) is 0 Å². The molecule has 0 aromatic heterocycles. The van der Waals surface area contributed by atoms with Gasteiger partial charge in [-0.25, -0.2) is 33.6 Å². The standard InChI is InChI=1S/C82H68O20/c1-90-63-47-43-61(44-48-63)82(60-41-25-10-26-42-60,62-45-49-64(91-2)50-46-62)93-52-66-67(96-74(84)54-29-13-4-14-30-54)69(97-75(85)55-31-15-5-16-32-55)71(99-77(87)57-35-19-7-20-36-57)80(95-66)101-68-65(51-92-73(83)53-27-11-3-12-28-53)94-81(102-79(89)59-39-23-9-24-40-59)72(100-78(88)58-37-21-8-22-38-58)70(68)98-76(86)56-33-17-6-18-34-56/h3-50,65-72,80-81H,51-52H2,1-2H3/t65-,66-,67+,68-,69+,70+,71-,72+,80+,81-/m1/s1. The lowest BCUT2D eigenvalue weighted by Gasteiger charge is -2.49. The molecule has 2 aliphatic heterocycles. The molecule has 2 heterocycles. The Bertz CT molecular complexity index is 4380. The van der Waals surface area contributed by atoms with Gasteiger partial charge in [-0.15, -0.1) is 0 Å². The number of carbonyl (C=O) groups excluding carboxylic acids is 7. The number of methoxy groups -OCH3 is 2. The van der Waals surface area contributed by atoms with E-state index in [1.54, 1.807) is 152 Å². The summed E-state index contributed by atoms with van der Waals surface area (Å²) in [7, 11) is 3.07. The van der Waals surface area contributed by atoms with E-state index in [1.807, 2.05) is 54.6 Å². The molecule has 10 aromatic rings. The van der Waals surface area contributed by atoms with E-state index in [0.717, 1.165) is 0 Å². The fourth-order valence-corrected chi connectivity index (χ4v) is 11.9. The second kappa shape index (κ2) is 33.2. The first-order valence-electron chi connectivity index (χ1n) is 32.6. The number of esters is 7. The molecule has 20 heteroatoms. The van der Waals surface area contributed by atoms with Crippen molar-refractivity contribution in [2.24, 2.45) is 0 Å². The first-order chi connectivity index (χ1) is 49.9. The van der Waals surface area contributed by atoms with Crippen molar-refractivity contribution in [3.8, 4) is 11.5 Å². The van der Waals surface area contributed by atoms with Crippen LogP contribution in [0, 0.1) is 0 Å². The zero-order chi connectivity index (χ0) is 70.8. The third kappa shape index (κ3) is 16.5. The van der Waals surface area contributed by atoms with Crippen LogP contribution in [0.5, 0.6) is 11.5 Å². The maximum Gasteiger partial charge on any atom is 0.340 e. The third-order valence-corrected chi connectivity index (χ3v) is 17.0. The third-order valence-electron chi connectivity index (χ3n) is 17.0. The molecule has 516 valence electrons. The molecule has 12 rings (SSSR count). The summed E-state index contributed by atoms with van der Waals surface area (Å²) in [6.45, 7) is -1.43. The Kier molecular flexibility index (Phi) is 22.7. The molecule has 102 heavy (non-hydrogen) atoms. The summed E-state index contributed by atoms with van der Waals surface area (Å²) in [5.41, 5.74) is 0.187. The van der Waals surface area contributed by atoms with Crippen LogP contribution in [-0.2, 0) is 57.7 Å². The molecular formula is C82H68O20. The van der Waals surface area contributed by atoms with Gasteiger partial charge in [-0.3, -0.25) is 0 Å². The van der Waals surface area contributed by atoms with Gasteiger partial charge in [0, 0.05) is 0 Å². The fourth-order valence-electron chi connectivity index (χ4n) is 11.9. The van der Waals surface area contributed by atoms with Gasteiger partial charge >= 0.3 is 41.8 Å². The molecular weight excluding hydrogens is 1300 g/mol. The Morgan fingerprint density at radius 3 is 0.922 bits per heavy atom. The summed E-state index contributed by atoms with van der Waals surface area (Å²) in [5.74, 6) is -5.88. The second-order valence-electron chi connectivity index (χ2n) is 23.4. The Morgan fingerprint density at radius 1 is 0.284 bits per heavy atom. The lowest BCUT2D eigenvalue weighted by Crippen LogP contribution is -2.67. The number of carbonyl (C=O) groups is 7. The molecule has 2 saturated heterocycles. The van der Waals surface area contributed by atoms with Crippen LogP contribution in [0.2, 0.25) is 0 Å². The van der Waals surface area contributed by atoms with Crippen LogP contribution < -0.4 is 9.47 Å². The van der Waals surface area contributed by atoms with E-state index in [-0.39, 0.29) is 38.9 Å². The van der Waals surface area contributed by atoms with E-state index in [2.05, 4.69) is 0 Å². The Labute approximate surface area is 587 Å². The molecule has 2 fully saturated rings. The Hall–Kier alpha value is -12.1. The molecule has 20 nitrogen and oxygen atoms in total. The minimum absolute atomic E-state index is 0.00322. The van der Waals surface area contributed by atoms with Crippen LogP contribution in [-0.4, -0.2) is 131 Å². The average Bonchev–Trinajstić information content (AvgIpc) is 0.755. The highest BCUT2D eigenvalue weighted by Gasteiger charge is 2.59. The van der Waals surface area contributed by atoms with Crippen LogP contribution in [0.1, 0.15) is 89.2 Å². The van der Waals surface area contributed by atoms with Gasteiger partial charge in [-0.1, -0.05) is 182 Å². The number of benzene rings is 10. The Morgan fingerprint density at radius 2 is 0.559 bits per heavy atom. The van der Waals surface area contributed by atoms with Gasteiger partial charge in [0.05, 0.1) is 59.8 Å². The molecule has 10 aromatic carbocycles. The van der Waals surface area contributed by atoms with Crippen LogP contribution in [0.15, 0.2) is 291 Å². The lowest BCUT2D eigenvalue weighted by molar-refractivity contribution is -0.353. The van der Waals surface area contributed by atoms with Crippen LogP contribution in [0.3, 0.4) is 0 Å². The number of hydrogen-bond donors (Lipinski definition) is 0. The SMILES string of the molecule is COc1ccc(C(OC[C@H]2O[C@@H](O[C@H]3[C@H](OC(=O)c4ccccc4)[C@H](OC(=O)c4ccccc4)[C@@H](OC(=O)c4ccccc4)O[C@@H]3COC(=O)c3ccccc3)[C@H](OC(=O)c3ccccc3)[C@@H](OC(=O)c3ccccc3)[C@H]2OC(=O)c2ccccc2)(c2ccccc2)c2ccc(OC)cc2)cc1. The highest BCUT2D eigenvalue weighted by Crippen LogP contribution is 2.44. The van der Waals surface area contributed by atoms with Gasteiger partial charge in [-0.2, -0.15) is 0 Å². The molecule has 10 atom stereocenters. The van der Waals surface area contributed by atoms with Gasteiger partial charge < -0.3 is 61.6 Å². The molecule has 0 spiro atoms. The monoisotopic (exact) mass is 1370 g/mol. The van der Waals surface area contributed by atoms with Gasteiger partial charge in [0.1, 0.15) is 42.0 Å². The minimum atomic E-state index is -2.15. The molecule has 0 saturated carbocycles. The fraction of sp³-hybridized carbons (Fsp3) is 0.183. The lowest BCUT2D eigenvalue weighted by atomic mass is 9.80. The van der Waals surface area contributed by atoms with E-state index in [1.165, 1.54) is 99.1 Å². The average molecular weight is 1370 g/mol. The topological polar surface area (TPSA) is 239 Å². The predicted octanol–water partition coefficient (Wildman–Crippen LogP) is 12.7. The van der Waals surface area contributed by atoms with Crippen molar-refractivity contribution in [2.75, 3.05) is 27.4 Å². The number of rotatable bonds is 25. The van der Waals surface area contributed by atoms with Crippen molar-refractivity contribution in [1.29, 1.82) is 0 Å². The predicted molar refractivity (Wildman–Crippen MR) is 367 cm³/mol. The van der Waals surface area contributed by atoms with Crippen molar-refractivity contribution in [3.05, 3.63) is 347 Å². The van der Waals surface area contributed by atoms with Crippen LogP contribution >= 0.6 is 0 Å².